The number of allylic oxidation sites excluding steroid dienone is 1. The van der Waals surface area contributed by atoms with Crippen molar-refractivity contribution in [2.75, 3.05) is 19.6 Å². The predicted octanol–water partition coefficient (Wildman–Crippen LogP) is 4.53. The summed E-state index contributed by atoms with van der Waals surface area (Å²) in [6, 6.07) is 9.79. The first-order chi connectivity index (χ1) is 14.2. The van der Waals surface area contributed by atoms with Gasteiger partial charge in [-0.05, 0) is 62.5 Å². The molecule has 0 spiro atoms. The predicted molar refractivity (Wildman–Crippen MR) is 119 cm³/mol. The molecule has 4 unspecified atom stereocenters. The molecule has 2 aliphatic carbocycles. The van der Waals surface area contributed by atoms with Gasteiger partial charge in [-0.25, -0.2) is 0 Å². The Morgan fingerprint density at radius 3 is 2.77 bits per heavy atom. The molecule has 0 amide bonds. The molecule has 0 radical (unpaired) electrons. The van der Waals surface area contributed by atoms with Crippen molar-refractivity contribution >= 4 is 5.97 Å². The third-order valence-electron chi connectivity index (χ3n) is 8.15. The number of carbonyl (C=O) groups is 1. The Balaban J connectivity index is 1.48. The van der Waals surface area contributed by atoms with Crippen LogP contribution in [0.1, 0.15) is 58.4 Å². The van der Waals surface area contributed by atoms with Crippen molar-refractivity contribution in [3.05, 3.63) is 48.0 Å². The molecule has 1 N–H and O–H groups in total. The van der Waals surface area contributed by atoms with E-state index >= 15 is 0 Å². The van der Waals surface area contributed by atoms with Crippen LogP contribution in [0.3, 0.4) is 0 Å². The maximum absolute atomic E-state index is 12.9. The first-order valence-electron chi connectivity index (χ1n) is 11.6. The maximum Gasteiger partial charge on any atom is 0.310 e. The Kier molecular flexibility index (Phi) is 5.84. The fraction of sp³-hybridized carbons (Fsp3) is 0.654. The van der Waals surface area contributed by atoms with Crippen molar-refractivity contribution in [2.24, 2.45) is 23.2 Å². The van der Waals surface area contributed by atoms with Crippen molar-refractivity contribution in [1.82, 2.24) is 4.90 Å². The summed E-state index contributed by atoms with van der Waals surface area (Å²) in [6.07, 6.45) is 5.57. The summed E-state index contributed by atoms with van der Waals surface area (Å²) in [5.41, 5.74) is 1.55. The minimum absolute atomic E-state index is 0.0444. The number of esters is 1. The van der Waals surface area contributed by atoms with E-state index in [-0.39, 0.29) is 29.3 Å². The van der Waals surface area contributed by atoms with E-state index in [0.717, 1.165) is 31.4 Å². The molecule has 1 heterocycles. The molecule has 4 rings (SSSR count). The molecule has 164 valence electrons. The number of fused-ring (bicyclic) bond motifs is 2. The zero-order valence-corrected chi connectivity index (χ0v) is 18.8. The molecule has 6 atom stereocenters. The molecule has 4 nitrogen and oxygen atoms in total. The lowest BCUT2D eigenvalue weighted by atomic mass is 9.55. The van der Waals surface area contributed by atoms with Crippen LogP contribution < -0.4 is 0 Å². The molecular formula is C26H37NO3. The average Bonchev–Trinajstić information content (AvgIpc) is 3.00. The molecule has 1 aliphatic heterocycles. The highest BCUT2D eigenvalue weighted by atomic mass is 16.6. The zero-order valence-electron chi connectivity index (χ0n) is 18.8. The summed E-state index contributed by atoms with van der Waals surface area (Å²) in [7, 11) is 0. The fourth-order valence-corrected chi connectivity index (χ4v) is 6.37. The molecular weight excluding hydrogens is 374 g/mol. The minimum atomic E-state index is -0.956. The number of hydrogen-bond acceptors (Lipinski definition) is 4. The van der Waals surface area contributed by atoms with E-state index in [1.54, 1.807) is 0 Å². The minimum Gasteiger partial charge on any atom is -0.462 e. The van der Waals surface area contributed by atoms with Gasteiger partial charge in [0.05, 0.1) is 11.5 Å². The van der Waals surface area contributed by atoms with Crippen molar-refractivity contribution in [3.63, 3.8) is 0 Å². The third-order valence-corrected chi connectivity index (χ3v) is 8.15. The van der Waals surface area contributed by atoms with Crippen LogP contribution in [0.25, 0.3) is 0 Å². The molecule has 4 heteroatoms. The molecule has 2 saturated carbocycles. The first kappa shape index (κ1) is 21.6. The fourth-order valence-electron chi connectivity index (χ4n) is 6.37. The van der Waals surface area contributed by atoms with E-state index in [0.29, 0.717) is 19.0 Å². The molecule has 1 aromatic rings. The second-order valence-electron chi connectivity index (χ2n) is 10.4. The van der Waals surface area contributed by atoms with Crippen LogP contribution in [0.5, 0.6) is 0 Å². The van der Waals surface area contributed by atoms with Gasteiger partial charge in [-0.2, -0.15) is 0 Å². The van der Waals surface area contributed by atoms with Crippen LogP contribution in [0.2, 0.25) is 0 Å². The second-order valence-corrected chi connectivity index (χ2v) is 10.4. The van der Waals surface area contributed by atoms with Gasteiger partial charge >= 0.3 is 5.97 Å². The van der Waals surface area contributed by atoms with Crippen LogP contribution in [0.15, 0.2) is 42.5 Å². The van der Waals surface area contributed by atoms with Gasteiger partial charge in [0.25, 0.3) is 0 Å². The van der Waals surface area contributed by atoms with Crippen LogP contribution >= 0.6 is 0 Å². The van der Waals surface area contributed by atoms with Crippen molar-refractivity contribution in [3.8, 4) is 0 Å². The lowest BCUT2D eigenvalue weighted by molar-refractivity contribution is -0.146. The van der Waals surface area contributed by atoms with Crippen LogP contribution in [0.4, 0.5) is 0 Å². The monoisotopic (exact) mass is 411 g/mol. The highest BCUT2D eigenvalue weighted by molar-refractivity contribution is 5.75. The van der Waals surface area contributed by atoms with E-state index in [9.17, 15) is 9.90 Å². The number of hydrogen-bond donors (Lipinski definition) is 1. The van der Waals surface area contributed by atoms with Crippen molar-refractivity contribution in [2.45, 2.75) is 64.6 Å². The SMILES string of the molecule is C=C1CCCC2(C)C[C@H]3OC(=O)C(CN(CC)CC(C)(O)c4ccccc4)[C@H]3CC12. The number of benzene rings is 1. The number of nitrogens with zero attached hydrogens (tertiary/aromatic N) is 1. The summed E-state index contributed by atoms with van der Waals surface area (Å²) >= 11 is 0. The number of rotatable bonds is 6. The van der Waals surface area contributed by atoms with Gasteiger partial charge in [0.2, 0.25) is 0 Å². The molecule has 1 saturated heterocycles. The number of likely N-dealkylation sites (N-methyl/N-ethyl adjacent to an activating group) is 1. The van der Waals surface area contributed by atoms with Crippen LogP contribution in [-0.2, 0) is 15.1 Å². The molecule has 0 aromatic heterocycles. The highest BCUT2D eigenvalue weighted by Crippen LogP contribution is 2.56. The number of aliphatic hydroxyl groups is 1. The van der Waals surface area contributed by atoms with E-state index in [2.05, 4.69) is 25.3 Å². The van der Waals surface area contributed by atoms with Gasteiger partial charge in [0.1, 0.15) is 6.10 Å². The lowest BCUT2D eigenvalue weighted by Gasteiger charge is -2.50. The van der Waals surface area contributed by atoms with Gasteiger partial charge in [0, 0.05) is 19.0 Å². The quantitative estimate of drug-likeness (QED) is 0.552. The van der Waals surface area contributed by atoms with Gasteiger partial charge in [0.15, 0.2) is 0 Å². The molecule has 1 aromatic carbocycles. The topological polar surface area (TPSA) is 49.8 Å². The van der Waals surface area contributed by atoms with Crippen molar-refractivity contribution < 1.29 is 14.6 Å². The normalized spacial score (nSPS) is 35.5. The van der Waals surface area contributed by atoms with E-state index in [4.69, 9.17) is 4.74 Å². The summed E-state index contributed by atoms with van der Waals surface area (Å²) in [4.78, 5) is 15.1. The first-order valence-corrected chi connectivity index (χ1v) is 11.6. The number of ether oxygens (including phenoxy) is 1. The standard InChI is InChI=1S/C26H37NO3/c1-5-27(17-26(4,29)19-11-7-6-8-12-19)16-21-20-14-22-18(2)10-9-13-25(22,3)15-23(20)30-24(21)28/h6-8,11-12,20-23,29H,2,5,9-10,13-17H2,1,3-4H3/t20-,21?,22?,23-,25?,26?/m1/s1. The van der Waals surface area contributed by atoms with Crippen LogP contribution in [0, 0.1) is 23.2 Å². The van der Waals surface area contributed by atoms with E-state index in [1.807, 2.05) is 37.3 Å². The highest BCUT2D eigenvalue weighted by Gasteiger charge is 2.55. The molecule has 3 aliphatic rings. The smallest absolute Gasteiger partial charge is 0.310 e. The van der Waals surface area contributed by atoms with Crippen molar-refractivity contribution in [1.29, 1.82) is 0 Å². The van der Waals surface area contributed by atoms with Gasteiger partial charge in [-0.15, -0.1) is 0 Å². The Labute approximate surface area is 181 Å². The molecule has 0 bridgehead atoms. The molecule has 30 heavy (non-hydrogen) atoms. The average molecular weight is 412 g/mol. The van der Waals surface area contributed by atoms with Gasteiger partial charge in [-0.3, -0.25) is 9.69 Å². The maximum atomic E-state index is 12.9. The largest absolute Gasteiger partial charge is 0.462 e. The lowest BCUT2D eigenvalue weighted by Crippen LogP contribution is -2.47. The van der Waals surface area contributed by atoms with Gasteiger partial charge < -0.3 is 9.84 Å². The Hall–Kier alpha value is -1.65. The zero-order chi connectivity index (χ0) is 21.5. The van der Waals surface area contributed by atoms with Gasteiger partial charge in [-0.1, -0.05) is 56.3 Å². The number of carbonyl (C=O) groups excluding carboxylic acids is 1. The summed E-state index contributed by atoms with van der Waals surface area (Å²) in [6.45, 7) is 12.7. The summed E-state index contributed by atoms with van der Waals surface area (Å²) < 4.78 is 5.93. The second kappa shape index (κ2) is 8.12. The Morgan fingerprint density at radius 1 is 1.33 bits per heavy atom. The van der Waals surface area contributed by atoms with E-state index < -0.39 is 5.60 Å². The van der Waals surface area contributed by atoms with E-state index in [1.165, 1.54) is 18.4 Å². The van der Waals surface area contributed by atoms with Crippen LogP contribution in [-0.4, -0.2) is 41.7 Å². The Bertz CT molecular complexity index is 789. The molecule has 3 fully saturated rings. The third kappa shape index (κ3) is 3.97. The summed E-state index contributed by atoms with van der Waals surface area (Å²) in [5.74, 6) is 0.615. The summed E-state index contributed by atoms with van der Waals surface area (Å²) in [5, 5.41) is 11.1. The Morgan fingerprint density at radius 2 is 2.07 bits per heavy atom.